The van der Waals surface area contributed by atoms with E-state index < -0.39 is 30.2 Å². The zero-order chi connectivity index (χ0) is 18.2. The minimum Gasteiger partial charge on any atom is -0.481 e. The largest absolute Gasteiger partial charge is 0.481 e. The van der Waals surface area contributed by atoms with E-state index in [-0.39, 0.29) is 18.0 Å². The average molecular weight is 349 g/mol. The number of fused-ring (bicyclic) bond motifs is 1. The lowest BCUT2D eigenvalue weighted by molar-refractivity contribution is -0.138. The van der Waals surface area contributed by atoms with Crippen molar-refractivity contribution in [3.8, 4) is 0 Å². The van der Waals surface area contributed by atoms with Gasteiger partial charge in [0.05, 0.1) is 18.0 Å². The Balaban J connectivity index is 2.00. The molecule has 2 aromatic rings. The summed E-state index contributed by atoms with van der Waals surface area (Å²) in [7, 11) is 0. The predicted molar refractivity (Wildman–Crippen MR) is 82.8 cm³/mol. The molecule has 0 fully saturated rings. The van der Waals surface area contributed by atoms with Crippen LogP contribution in [0.2, 0.25) is 0 Å². The molecule has 1 N–H and O–H groups in total. The second-order valence-electron chi connectivity index (χ2n) is 5.83. The number of carbonyl (C=O) groups excluding carboxylic acids is 1. The topological polar surface area (TPSA) is 57.6 Å². The maximum absolute atomic E-state index is 13.0. The summed E-state index contributed by atoms with van der Waals surface area (Å²) in [5.74, 6) is -1.56. The fourth-order valence-corrected chi connectivity index (χ4v) is 3.02. The molecule has 7 heteroatoms. The Bertz CT molecular complexity index is 832. The van der Waals surface area contributed by atoms with E-state index in [0.29, 0.717) is 5.56 Å². The quantitative estimate of drug-likeness (QED) is 0.911. The molecule has 0 saturated heterocycles. The first-order valence-electron chi connectivity index (χ1n) is 7.55. The van der Waals surface area contributed by atoms with Gasteiger partial charge in [-0.25, -0.2) is 0 Å². The van der Waals surface area contributed by atoms with Crippen LogP contribution in [0.4, 0.5) is 13.2 Å². The van der Waals surface area contributed by atoms with E-state index in [1.807, 2.05) is 0 Å². The highest BCUT2D eigenvalue weighted by Crippen LogP contribution is 2.36. The Morgan fingerprint density at radius 1 is 1.16 bits per heavy atom. The number of benzene rings is 2. The number of carboxylic acid groups (broad SMARTS) is 1. The van der Waals surface area contributed by atoms with E-state index in [4.69, 9.17) is 0 Å². The highest BCUT2D eigenvalue weighted by atomic mass is 19.4. The Morgan fingerprint density at radius 3 is 2.52 bits per heavy atom. The molecule has 25 heavy (non-hydrogen) atoms. The van der Waals surface area contributed by atoms with Gasteiger partial charge >= 0.3 is 12.1 Å². The van der Waals surface area contributed by atoms with Crippen molar-refractivity contribution < 1.29 is 27.9 Å². The molecule has 0 aromatic heterocycles. The Morgan fingerprint density at radius 2 is 1.88 bits per heavy atom. The molecule has 2 aromatic carbocycles. The maximum atomic E-state index is 13.0. The first kappa shape index (κ1) is 17.0. The molecule has 1 atom stereocenters. The normalized spacial score (nSPS) is 15.2. The summed E-state index contributed by atoms with van der Waals surface area (Å²) >= 11 is 0. The molecule has 0 saturated carbocycles. The Hall–Kier alpha value is -2.83. The molecule has 0 aliphatic carbocycles. The fourth-order valence-electron chi connectivity index (χ4n) is 3.02. The zero-order valence-electron chi connectivity index (χ0n) is 13.0. The summed E-state index contributed by atoms with van der Waals surface area (Å²) in [5.41, 5.74) is 0.461. The summed E-state index contributed by atoms with van der Waals surface area (Å²) < 4.78 is 38.9. The third-order valence-corrected chi connectivity index (χ3v) is 4.19. The number of hydrogen-bond donors (Lipinski definition) is 1. The van der Waals surface area contributed by atoms with Crippen molar-refractivity contribution >= 4 is 11.9 Å². The highest BCUT2D eigenvalue weighted by Gasteiger charge is 2.36. The van der Waals surface area contributed by atoms with Gasteiger partial charge in [0.1, 0.15) is 0 Å². The first-order valence-corrected chi connectivity index (χ1v) is 7.55. The van der Waals surface area contributed by atoms with Gasteiger partial charge in [-0.3, -0.25) is 9.59 Å². The van der Waals surface area contributed by atoms with Gasteiger partial charge < -0.3 is 10.0 Å². The van der Waals surface area contributed by atoms with Gasteiger partial charge in [0.2, 0.25) is 0 Å². The standard InChI is InChI=1S/C18H14F3NO3/c19-18(20,21)13-6-3-5-11(8-13)15(9-16(23)24)22-10-12-4-1-2-7-14(12)17(22)25/h1-8,15H,9-10H2,(H,23,24)/t15-/m0/s1. The lowest BCUT2D eigenvalue weighted by Gasteiger charge is -2.27. The van der Waals surface area contributed by atoms with Gasteiger partial charge in [-0.2, -0.15) is 13.2 Å². The number of hydrogen-bond acceptors (Lipinski definition) is 2. The van der Waals surface area contributed by atoms with Crippen molar-refractivity contribution in [3.05, 3.63) is 70.8 Å². The van der Waals surface area contributed by atoms with Crippen LogP contribution in [-0.2, 0) is 17.5 Å². The SMILES string of the molecule is O=C(O)C[C@@H](c1cccc(C(F)(F)F)c1)N1Cc2ccccc2C1=O. The molecule has 3 rings (SSSR count). The molecule has 0 bridgehead atoms. The number of alkyl halides is 3. The number of aliphatic carboxylic acids is 1. The number of halogens is 3. The van der Waals surface area contributed by atoms with Crippen LogP contribution in [0.15, 0.2) is 48.5 Å². The van der Waals surface area contributed by atoms with Crippen molar-refractivity contribution in [2.45, 2.75) is 25.2 Å². The molecule has 0 radical (unpaired) electrons. The van der Waals surface area contributed by atoms with Crippen LogP contribution in [-0.4, -0.2) is 21.9 Å². The number of nitrogens with zero attached hydrogens (tertiary/aromatic N) is 1. The summed E-state index contributed by atoms with van der Waals surface area (Å²) in [6.45, 7) is 0.170. The van der Waals surface area contributed by atoms with Gasteiger partial charge in [0.15, 0.2) is 0 Å². The minimum atomic E-state index is -4.54. The monoisotopic (exact) mass is 349 g/mol. The number of carboxylic acids is 1. The van der Waals surface area contributed by atoms with Crippen molar-refractivity contribution in [3.63, 3.8) is 0 Å². The Labute approximate surface area is 141 Å². The number of amides is 1. The van der Waals surface area contributed by atoms with Gasteiger partial charge in [-0.1, -0.05) is 30.3 Å². The average Bonchev–Trinajstić information content (AvgIpc) is 2.89. The van der Waals surface area contributed by atoms with Gasteiger partial charge in [-0.05, 0) is 29.3 Å². The summed E-state index contributed by atoms with van der Waals surface area (Å²) in [6, 6.07) is 10.3. The van der Waals surface area contributed by atoms with E-state index in [1.165, 1.54) is 17.0 Å². The molecule has 1 aliphatic rings. The molecule has 0 spiro atoms. The zero-order valence-corrected chi connectivity index (χ0v) is 13.0. The molecule has 1 amide bonds. The lowest BCUT2D eigenvalue weighted by Crippen LogP contribution is -2.31. The predicted octanol–water partition coefficient (Wildman–Crippen LogP) is 3.88. The van der Waals surface area contributed by atoms with Gasteiger partial charge in [0.25, 0.3) is 5.91 Å². The fraction of sp³-hybridized carbons (Fsp3) is 0.222. The van der Waals surface area contributed by atoms with E-state index in [9.17, 15) is 27.9 Å². The van der Waals surface area contributed by atoms with Crippen molar-refractivity contribution in [2.24, 2.45) is 0 Å². The summed E-state index contributed by atoms with van der Waals surface area (Å²) in [4.78, 5) is 25.1. The number of carbonyl (C=O) groups is 2. The van der Waals surface area contributed by atoms with E-state index >= 15 is 0 Å². The van der Waals surface area contributed by atoms with Crippen LogP contribution < -0.4 is 0 Å². The third kappa shape index (κ3) is 3.35. The second kappa shape index (κ2) is 6.23. The minimum absolute atomic E-state index is 0.151. The number of rotatable bonds is 4. The van der Waals surface area contributed by atoms with Crippen LogP contribution in [0.3, 0.4) is 0 Å². The van der Waals surface area contributed by atoms with E-state index in [1.54, 1.807) is 24.3 Å². The van der Waals surface area contributed by atoms with Gasteiger partial charge in [0, 0.05) is 12.1 Å². The molecule has 0 unspecified atom stereocenters. The third-order valence-electron chi connectivity index (χ3n) is 4.19. The molecular formula is C18H14F3NO3. The van der Waals surface area contributed by atoms with E-state index in [2.05, 4.69) is 0 Å². The molecule has 4 nitrogen and oxygen atoms in total. The lowest BCUT2D eigenvalue weighted by atomic mass is 9.99. The van der Waals surface area contributed by atoms with Crippen molar-refractivity contribution in [1.82, 2.24) is 4.90 Å². The smallest absolute Gasteiger partial charge is 0.416 e. The van der Waals surface area contributed by atoms with Crippen molar-refractivity contribution in [1.29, 1.82) is 0 Å². The van der Waals surface area contributed by atoms with Crippen LogP contribution >= 0.6 is 0 Å². The molecular weight excluding hydrogens is 335 g/mol. The van der Waals surface area contributed by atoms with Crippen LogP contribution in [0.5, 0.6) is 0 Å². The van der Waals surface area contributed by atoms with Crippen LogP contribution in [0.25, 0.3) is 0 Å². The molecule has 1 heterocycles. The molecule has 130 valence electrons. The van der Waals surface area contributed by atoms with Crippen molar-refractivity contribution in [2.75, 3.05) is 0 Å². The Kier molecular flexibility index (Phi) is 4.24. The van der Waals surface area contributed by atoms with Gasteiger partial charge in [-0.15, -0.1) is 0 Å². The second-order valence-corrected chi connectivity index (χ2v) is 5.83. The summed E-state index contributed by atoms with van der Waals surface area (Å²) in [5, 5.41) is 9.18. The summed E-state index contributed by atoms with van der Waals surface area (Å²) in [6.07, 6.45) is -5.01. The first-order chi connectivity index (χ1) is 11.8. The van der Waals surface area contributed by atoms with E-state index in [0.717, 1.165) is 17.7 Å². The van der Waals surface area contributed by atoms with Crippen LogP contribution in [0, 0.1) is 0 Å². The molecule has 1 aliphatic heterocycles. The highest BCUT2D eigenvalue weighted by molar-refractivity contribution is 5.98. The van der Waals surface area contributed by atoms with Crippen LogP contribution in [0.1, 0.15) is 39.5 Å². The maximum Gasteiger partial charge on any atom is 0.416 e.